The molecule has 9 heteroatoms. The number of aliphatic hydroxyl groups is 3. The summed E-state index contributed by atoms with van der Waals surface area (Å²) >= 11 is 0. The van der Waals surface area contributed by atoms with Gasteiger partial charge in [0.1, 0.15) is 29.9 Å². The lowest BCUT2D eigenvalue weighted by atomic mass is 9.95. The molecule has 0 aliphatic carbocycles. The number of nitrogens with zero attached hydrogens (tertiary/aromatic N) is 2. The van der Waals surface area contributed by atoms with E-state index in [4.69, 9.17) is 10.5 Å². The van der Waals surface area contributed by atoms with Crippen LogP contribution in [0.25, 0.3) is 0 Å². The van der Waals surface area contributed by atoms with Gasteiger partial charge in [-0.2, -0.15) is 4.98 Å². The third kappa shape index (κ3) is 4.47. The number of carbonyl (C=O) groups excluding carboxylic acids is 1. The highest BCUT2D eigenvalue weighted by atomic mass is 16.6. The van der Waals surface area contributed by atoms with E-state index < -0.39 is 36.8 Å². The molecule has 1 fully saturated rings. The Hall–Kier alpha value is -1.81. The minimum absolute atomic E-state index is 0.00861. The Morgan fingerprint density at radius 2 is 2.12 bits per heavy atom. The zero-order valence-electron chi connectivity index (χ0n) is 15.0. The van der Waals surface area contributed by atoms with Crippen LogP contribution in [0.2, 0.25) is 0 Å². The Morgan fingerprint density at radius 3 is 2.69 bits per heavy atom. The average Bonchev–Trinajstić information content (AvgIpc) is 2.85. The van der Waals surface area contributed by atoms with Crippen LogP contribution in [-0.4, -0.2) is 55.6 Å². The van der Waals surface area contributed by atoms with Crippen molar-refractivity contribution >= 4 is 11.6 Å². The molecule has 1 saturated heterocycles. The second kappa shape index (κ2) is 8.72. The molecule has 5 atom stereocenters. The lowest BCUT2D eigenvalue weighted by Crippen LogP contribution is -2.36. The number of hydrogen-bond donors (Lipinski definition) is 4. The summed E-state index contributed by atoms with van der Waals surface area (Å²) in [5.41, 5.74) is 5.67. The highest BCUT2D eigenvalue weighted by molar-refractivity contribution is 5.78. The van der Waals surface area contributed by atoms with Crippen LogP contribution < -0.4 is 11.4 Å². The maximum Gasteiger partial charge on any atom is 0.351 e. The smallest absolute Gasteiger partial charge is 0.351 e. The molecule has 0 amide bonds. The van der Waals surface area contributed by atoms with Crippen molar-refractivity contribution in [3.05, 3.63) is 22.2 Å². The van der Waals surface area contributed by atoms with Gasteiger partial charge in [0.15, 0.2) is 6.23 Å². The topological polar surface area (TPSA) is 148 Å². The minimum atomic E-state index is -1.38. The maximum atomic E-state index is 12.2. The Balaban J connectivity index is 2.21. The fourth-order valence-corrected chi connectivity index (χ4v) is 3.19. The quantitative estimate of drug-likeness (QED) is 0.474. The molecule has 26 heavy (non-hydrogen) atoms. The average molecular weight is 369 g/mol. The number of Topliss-reactive ketones (excluding diaryl/α,β-unsaturated/α-hetero) is 1. The molecule has 5 N–H and O–H groups in total. The van der Waals surface area contributed by atoms with Gasteiger partial charge in [-0.1, -0.05) is 13.8 Å². The highest BCUT2D eigenvalue weighted by Gasteiger charge is 2.43. The minimum Gasteiger partial charge on any atom is -0.394 e. The van der Waals surface area contributed by atoms with Crippen LogP contribution in [0.4, 0.5) is 5.82 Å². The molecular weight excluding hydrogens is 342 g/mol. The molecule has 2 heterocycles. The normalized spacial score (nSPS) is 26.8. The van der Waals surface area contributed by atoms with Crippen molar-refractivity contribution in [3.8, 4) is 0 Å². The molecule has 146 valence electrons. The predicted molar refractivity (Wildman–Crippen MR) is 93.3 cm³/mol. The van der Waals surface area contributed by atoms with Gasteiger partial charge in [-0.15, -0.1) is 0 Å². The second-order valence-electron chi connectivity index (χ2n) is 6.87. The van der Waals surface area contributed by atoms with E-state index in [-0.39, 0.29) is 17.5 Å². The van der Waals surface area contributed by atoms with Gasteiger partial charge < -0.3 is 25.8 Å². The summed E-state index contributed by atoms with van der Waals surface area (Å²) in [6.07, 6.45) is -1.26. The van der Waals surface area contributed by atoms with Crippen LogP contribution in [0.3, 0.4) is 0 Å². The van der Waals surface area contributed by atoms with Gasteiger partial charge in [0, 0.05) is 24.6 Å². The molecule has 1 aromatic rings. The zero-order chi connectivity index (χ0) is 19.4. The van der Waals surface area contributed by atoms with Gasteiger partial charge in [-0.3, -0.25) is 9.36 Å². The first-order chi connectivity index (χ1) is 12.3. The van der Waals surface area contributed by atoms with E-state index in [0.717, 1.165) is 11.0 Å². The first-order valence-corrected chi connectivity index (χ1v) is 8.80. The molecule has 0 radical (unpaired) electrons. The van der Waals surface area contributed by atoms with Crippen LogP contribution in [-0.2, 0) is 16.0 Å². The van der Waals surface area contributed by atoms with Crippen molar-refractivity contribution in [1.82, 2.24) is 9.55 Å². The summed E-state index contributed by atoms with van der Waals surface area (Å²) in [5.74, 6) is 0.241. The number of aromatic nitrogens is 2. The van der Waals surface area contributed by atoms with Gasteiger partial charge in [0.05, 0.1) is 6.61 Å². The third-order valence-electron chi connectivity index (χ3n) is 4.53. The summed E-state index contributed by atoms with van der Waals surface area (Å²) < 4.78 is 6.44. The van der Waals surface area contributed by atoms with E-state index in [0.29, 0.717) is 24.8 Å². The molecule has 1 unspecified atom stereocenters. The zero-order valence-corrected chi connectivity index (χ0v) is 15.0. The summed E-state index contributed by atoms with van der Waals surface area (Å²) in [7, 11) is 0. The van der Waals surface area contributed by atoms with Crippen molar-refractivity contribution in [2.24, 2.45) is 5.92 Å². The number of ether oxygens (including phenoxy) is 1. The first-order valence-electron chi connectivity index (χ1n) is 8.80. The Bertz CT molecular complexity index is 692. The van der Waals surface area contributed by atoms with Gasteiger partial charge in [-0.05, 0) is 18.8 Å². The Morgan fingerprint density at radius 1 is 1.42 bits per heavy atom. The Labute approximate surface area is 151 Å². The Kier molecular flexibility index (Phi) is 6.87. The number of hydrogen-bond acceptors (Lipinski definition) is 8. The molecule has 1 aliphatic rings. The lowest BCUT2D eigenvalue weighted by Gasteiger charge is -2.19. The largest absolute Gasteiger partial charge is 0.394 e. The van der Waals surface area contributed by atoms with Crippen LogP contribution in [0.5, 0.6) is 0 Å². The second-order valence-corrected chi connectivity index (χ2v) is 6.87. The molecule has 1 aliphatic heterocycles. The summed E-state index contributed by atoms with van der Waals surface area (Å²) in [6, 6.07) is 0. The van der Waals surface area contributed by atoms with Crippen LogP contribution in [0.15, 0.2) is 11.0 Å². The maximum absolute atomic E-state index is 12.2. The fraction of sp³-hybridized carbons (Fsp3) is 0.706. The monoisotopic (exact) mass is 369 g/mol. The number of nitrogen functional groups attached to an aromatic ring is 1. The van der Waals surface area contributed by atoms with E-state index in [1.807, 2.05) is 13.8 Å². The molecule has 0 spiro atoms. The van der Waals surface area contributed by atoms with Gasteiger partial charge in [-0.25, -0.2) is 4.79 Å². The van der Waals surface area contributed by atoms with Gasteiger partial charge in [0.2, 0.25) is 0 Å². The van der Waals surface area contributed by atoms with Gasteiger partial charge >= 0.3 is 5.69 Å². The number of anilines is 1. The van der Waals surface area contributed by atoms with Crippen molar-refractivity contribution in [2.45, 2.75) is 64.1 Å². The summed E-state index contributed by atoms with van der Waals surface area (Å²) in [4.78, 5) is 27.7. The summed E-state index contributed by atoms with van der Waals surface area (Å²) in [5, 5.41) is 29.2. The van der Waals surface area contributed by atoms with Crippen LogP contribution in [0.1, 0.15) is 44.9 Å². The van der Waals surface area contributed by atoms with Crippen molar-refractivity contribution < 1.29 is 24.9 Å². The first kappa shape index (κ1) is 20.5. The van der Waals surface area contributed by atoms with Crippen molar-refractivity contribution in [3.63, 3.8) is 0 Å². The molecular formula is C17H27N3O6. The number of rotatable bonds is 8. The van der Waals surface area contributed by atoms with Crippen molar-refractivity contribution in [1.29, 1.82) is 0 Å². The lowest BCUT2D eigenvalue weighted by molar-refractivity contribution is -0.119. The van der Waals surface area contributed by atoms with Crippen LogP contribution in [0, 0.1) is 5.92 Å². The predicted octanol–water partition coefficient (Wildman–Crippen LogP) is -0.625. The fourth-order valence-electron chi connectivity index (χ4n) is 3.19. The van der Waals surface area contributed by atoms with Crippen molar-refractivity contribution in [2.75, 3.05) is 12.3 Å². The third-order valence-corrected chi connectivity index (χ3v) is 4.53. The molecule has 9 nitrogen and oxygen atoms in total. The van der Waals surface area contributed by atoms with E-state index in [1.54, 1.807) is 0 Å². The van der Waals surface area contributed by atoms with E-state index in [1.165, 1.54) is 6.20 Å². The molecule has 1 aromatic heterocycles. The standard InChI is InChI=1S/C17H27N3O6/c1-3-4-11(22)6-9(2)5-10-7-20(17(25)19-15(10)18)16-14(24)13(23)12(8-21)26-16/h7,9,12-14,16,21,23-24H,3-6,8H2,1-2H3,(H2,18,19,25)/t9?,12-,13-,14+,16-/m1/s1. The van der Waals surface area contributed by atoms with Gasteiger partial charge in [0.25, 0.3) is 0 Å². The molecule has 2 rings (SSSR count). The molecule has 0 aromatic carbocycles. The highest BCUT2D eigenvalue weighted by Crippen LogP contribution is 2.29. The number of aliphatic hydroxyl groups excluding tert-OH is 3. The molecule has 0 saturated carbocycles. The van der Waals surface area contributed by atoms with E-state index in [9.17, 15) is 24.9 Å². The summed E-state index contributed by atoms with van der Waals surface area (Å²) in [6.45, 7) is 3.37. The SMILES string of the molecule is CCCC(=O)CC(C)Cc1cn([C@@H]2O[C@H](CO)[C@@H](O)[C@@H]2O)c(=O)nc1N. The van der Waals surface area contributed by atoms with Crippen LogP contribution >= 0.6 is 0 Å². The number of nitrogens with two attached hydrogens (primary N) is 1. The van der Waals surface area contributed by atoms with E-state index >= 15 is 0 Å². The van der Waals surface area contributed by atoms with E-state index in [2.05, 4.69) is 4.98 Å². The number of carbonyl (C=O) groups is 1. The number of ketones is 1. The molecule has 0 bridgehead atoms.